The first-order chi connectivity index (χ1) is 9.57. The topological polar surface area (TPSA) is 12.0 Å². The summed E-state index contributed by atoms with van der Waals surface area (Å²) in [6.45, 7) is 6.50. The lowest BCUT2D eigenvalue weighted by Crippen LogP contribution is -2.36. The Bertz CT molecular complexity index is 511. The number of alkyl halides is 3. The van der Waals surface area contributed by atoms with Crippen molar-refractivity contribution in [2.45, 2.75) is 52.3 Å². The first-order valence-electron chi connectivity index (χ1n) is 7.20. The Kier molecular flexibility index (Phi) is 4.48. The van der Waals surface area contributed by atoms with Crippen molar-refractivity contribution in [2.75, 3.05) is 5.32 Å². The van der Waals surface area contributed by atoms with Gasteiger partial charge in [0.05, 0.1) is 5.56 Å². The third-order valence-corrected chi connectivity index (χ3v) is 4.27. The molecule has 118 valence electrons. The minimum Gasteiger partial charge on any atom is -0.382 e. The van der Waals surface area contributed by atoms with Gasteiger partial charge in [0, 0.05) is 16.8 Å². The molecular weight excluding hydrogens is 299 g/mol. The molecule has 1 aliphatic rings. The molecule has 0 heterocycles. The van der Waals surface area contributed by atoms with Crippen LogP contribution in [-0.2, 0) is 6.18 Å². The highest BCUT2D eigenvalue weighted by molar-refractivity contribution is 6.30. The lowest BCUT2D eigenvalue weighted by atomic mass is 9.70. The van der Waals surface area contributed by atoms with Crippen LogP contribution in [0.4, 0.5) is 18.9 Å². The molecule has 5 heteroatoms. The first-order valence-corrected chi connectivity index (χ1v) is 7.58. The summed E-state index contributed by atoms with van der Waals surface area (Å²) in [4.78, 5) is 0. The van der Waals surface area contributed by atoms with Crippen molar-refractivity contribution < 1.29 is 13.2 Å². The van der Waals surface area contributed by atoms with Gasteiger partial charge in [-0.15, -0.1) is 0 Å². The molecule has 0 spiro atoms. The fourth-order valence-corrected chi connectivity index (χ4v) is 3.72. The predicted octanol–water partition coefficient (Wildman–Crippen LogP) is 5.99. The van der Waals surface area contributed by atoms with Gasteiger partial charge in [-0.05, 0) is 48.8 Å². The third-order valence-electron chi connectivity index (χ3n) is 4.03. The number of hydrogen-bond acceptors (Lipinski definition) is 1. The molecule has 0 bridgehead atoms. The lowest BCUT2D eigenvalue weighted by Gasteiger charge is -2.40. The van der Waals surface area contributed by atoms with Crippen LogP contribution in [0.2, 0.25) is 5.02 Å². The van der Waals surface area contributed by atoms with Gasteiger partial charge in [-0.2, -0.15) is 13.2 Å². The van der Waals surface area contributed by atoms with Crippen molar-refractivity contribution in [2.24, 2.45) is 11.3 Å². The van der Waals surface area contributed by atoms with E-state index >= 15 is 0 Å². The Morgan fingerprint density at radius 2 is 1.90 bits per heavy atom. The summed E-state index contributed by atoms with van der Waals surface area (Å²) >= 11 is 5.71. The van der Waals surface area contributed by atoms with Crippen LogP contribution in [0.3, 0.4) is 0 Å². The number of nitrogens with one attached hydrogen (secondary N) is 1. The van der Waals surface area contributed by atoms with E-state index < -0.39 is 11.7 Å². The van der Waals surface area contributed by atoms with Gasteiger partial charge in [-0.1, -0.05) is 32.4 Å². The van der Waals surface area contributed by atoms with E-state index in [0.29, 0.717) is 5.92 Å². The van der Waals surface area contributed by atoms with Crippen molar-refractivity contribution in [1.29, 1.82) is 0 Å². The summed E-state index contributed by atoms with van der Waals surface area (Å²) < 4.78 is 39.3. The number of benzene rings is 1. The van der Waals surface area contributed by atoms with Crippen LogP contribution in [0.5, 0.6) is 0 Å². The van der Waals surface area contributed by atoms with E-state index in [2.05, 4.69) is 26.1 Å². The van der Waals surface area contributed by atoms with Gasteiger partial charge in [0.1, 0.15) is 0 Å². The molecule has 1 aromatic rings. The molecule has 0 amide bonds. The fraction of sp³-hybridized carbons (Fsp3) is 0.625. The first kappa shape index (κ1) is 16.5. The van der Waals surface area contributed by atoms with E-state index in [9.17, 15) is 13.2 Å². The lowest BCUT2D eigenvalue weighted by molar-refractivity contribution is -0.137. The minimum atomic E-state index is -4.40. The molecule has 2 unspecified atom stereocenters. The molecule has 0 aliphatic heterocycles. The molecule has 1 aromatic carbocycles. The SMILES string of the molecule is CC1CC(Nc2ccc(Cl)cc2C(F)(F)F)CC(C)(C)C1. The molecule has 1 aliphatic carbocycles. The molecular formula is C16H21ClF3N. The average Bonchev–Trinajstić information content (AvgIpc) is 2.27. The summed E-state index contributed by atoms with van der Waals surface area (Å²) in [5.74, 6) is 0.507. The van der Waals surface area contributed by atoms with Gasteiger partial charge < -0.3 is 5.32 Å². The van der Waals surface area contributed by atoms with Crippen molar-refractivity contribution >= 4 is 17.3 Å². The maximum atomic E-state index is 13.1. The highest BCUT2D eigenvalue weighted by Gasteiger charge is 2.36. The zero-order valence-corrected chi connectivity index (χ0v) is 13.3. The molecule has 0 saturated heterocycles. The summed E-state index contributed by atoms with van der Waals surface area (Å²) in [7, 11) is 0. The normalized spacial score (nSPS) is 25.7. The van der Waals surface area contributed by atoms with Crippen LogP contribution in [0.1, 0.15) is 45.6 Å². The Hall–Kier alpha value is -0.900. The van der Waals surface area contributed by atoms with Crippen molar-refractivity contribution in [3.8, 4) is 0 Å². The van der Waals surface area contributed by atoms with Crippen molar-refractivity contribution in [3.63, 3.8) is 0 Å². The largest absolute Gasteiger partial charge is 0.418 e. The summed E-state index contributed by atoms with van der Waals surface area (Å²) in [6, 6.07) is 3.97. The zero-order chi connectivity index (χ0) is 15.8. The van der Waals surface area contributed by atoms with Crippen LogP contribution in [0.25, 0.3) is 0 Å². The number of anilines is 1. The molecule has 1 saturated carbocycles. The van der Waals surface area contributed by atoms with Gasteiger partial charge in [0.25, 0.3) is 0 Å². The number of halogens is 4. The fourth-order valence-electron chi connectivity index (χ4n) is 3.55. The van der Waals surface area contributed by atoms with E-state index in [1.807, 2.05) is 0 Å². The number of hydrogen-bond donors (Lipinski definition) is 1. The second kappa shape index (κ2) is 5.71. The highest BCUT2D eigenvalue weighted by atomic mass is 35.5. The summed E-state index contributed by atoms with van der Waals surface area (Å²) in [6.07, 6.45) is -1.53. The van der Waals surface area contributed by atoms with Gasteiger partial charge >= 0.3 is 6.18 Å². The monoisotopic (exact) mass is 319 g/mol. The Morgan fingerprint density at radius 1 is 1.24 bits per heavy atom. The Labute approximate surface area is 128 Å². The van der Waals surface area contributed by atoms with E-state index in [1.165, 1.54) is 12.1 Å². The molecule has 2 rings (SSSR count). The van der Waals surface area contributed by atoms with Gasteiger partial charge in [-0.3, -0.25) is 0 Å². The quantitative estimate of drug-likeness (QED) is 0.706. The predicted molar refractivity (Wildman–Crippen MR) is 80.7 cm³/mol. The van der Waals surface area contributed by atoms with E-state index in [1.54, 1.807) is 0 Å². The standard InChI is InChI=1S/C16H21ClF3N/c1-10-6-12(9-15(2,3)8-10)21-14-5-4-11(17)7-13(14)16(18,19)20/h4-5,7,10,12,21H,6,8-9H2,1-3H3. The zero-order valence-electron chi connectivity index (χ0n) is 12.5. The molecule has 1 nitrogen and oxygen atoms in total. The Morgan fingerprint density at radius 3 is 2.48 bits per heavy atom. The maximum Gasteiger partial charge on any atom is 0.418 e. The third kappa shape index (κ3) is 4.29. The average molecular weight is 320 g/mol. The van der Waals surface area contributed by atoms with Gasteiger partial charge in [0.2, 0.25) is 0 Å². The van der Waals surface area contributed by atoms with Gasteiger partial charge in [-0.25, -0.2) is 0 Å². The van der Waals surface area contributed by atoms with Crippen LogP contribution in [0.15, 0.2) is 18.2 Å². The molecule has 21 heavy (non-hydrogen) atoms. The molecule has 0 aromatic heterocycles. The van der Waals surface area contributed by atoms with E-state index in [0.717, 1.165) is 25.3 Å². The minimum absolute atomic E-state index is 0.0611. The van der Waals surface area contributed by atoms with E-state index in [4.69, 9.17) is 11.6 Å². The molecule has 1 fully saturated rings. The summed E-state index contributed by atoms with van der Waals surface area (Å²) in [5, 5.41) is 3.19. The maximum absolute atomic E-state index is 13.1. The highest BCUT2D eigenvalue weighted by Crippen LogP contribution is 2.42. The summed E-state index contributed by atoms with van der Waals surface area (Å²) in [5.41, 5.74) is -0.409. The number of rotatable bonds is 2. The smallest absolute Gasteiger partial charge is 0.382 e. The van der Waals surface area contributed by atoms with Crippen LogP contribution >= 0.6 is 11.6 Å². The molecule has 2 atom stereocenters. The van der Waals surface area contributed by atoms with Crippen LogP contribution in [0, 0.1) is 11.3 Å². The molecule has 1 N–H and O–H groups in total. The molecule has 0 radical (unpaired) electrons. The van der Waals surface area contributed by atoms with Crippen LogP contribution in [-0.4, -0.2) is 6.04 Å². The van der Waals surface area contributed by atoms with E-state index in [-0.39, 0.29) is 22.2 Å². The van der Waals surface area contributed by atoms with Crippen molar-refractivity contribution in [3.05, 3.63) is 28.8 Å². The van der Waals surface area contributed by atoms with Crippen LogP contribution < -0.4 is 5.32 Å². The Balaban J connectivity index is 2.23. The second-order valence-corrected chi connectivity index (χ2v) is 7.38. The van der Waals surface area contributed by atoms with Crippen molar-refractivity contribution in [1.82, 2.24) is 0 Å². The van der Waals surface area contributed by atoms with Gasteiger partial charge in [0.15, 0.2) is 0 Å². The second-order valence-electron chi connectivity index (χ2n) is 6.94.